The summed E-state index contributed by atoms with van der Waals surface area (Å²) in [7, 11) is 1.99. The molecule has 2 aromatic rings. The van der Waals surface area contributed by atoms with Gasteiger partial charge >= 0.3 is 0 Å². The second-order valence-corrected chi connectivity index (χ2v) is 5.26. The standard InChI is InChI=1S/C14H18BrN3O/c1-18-8-7-17-14(18)5-9-19-13-3-2-12(15)10-11(13)4-6-16/h2-3,7-8,10H,4-6,9,16H2,1H3. The van der Waals surface area contributed by atoms with Crippen molar-refractivity contribution >= 4 is 15.9 Å². The average Bonchev–Trinajstić information content (AvgIpc) is 2.78. The lowest BCUT2D eigenvalue weighted by Crippen LogP contribution is -2.09. The normalized spacial score (nSPS) is 10.7. The van der Waals surface area contributed by atoms with Crippen molar-refractivity contribution < 1.29 is 4.74 Å². The number of aromatic nitrogens is 2. The summed E-state index contributed by atoms with van der Waals surface area (Å²) >= 11 is 3.47. The molecule has 0 unspecified atom stereocenters. The van der Waals surface area contributed by atoms with Gasteiger partial charge in [-0.15, -0.1) is 0 Å². The fourth-order valence-electron chi connectivity index (χ4n) is 1.93. The van der Waals surface area contributed by atoms with Crippen LogP contribution in [0, 0.1) is 0 Å². The number of hydrogen-bond acceptors (Lipinski definition) is 3. The molecule has 0 saturated heterocycles. The number of aryl methyl sites for hydroxylation is 1. The Labute approximate surface area is 121 Å². The minimum absolute atomic E-state index is 0.615. The van der Waals surface area contributed by atoms with E-state index in [1.165, 1.54) is 0 Å². The molecule has 0 aliphatic rings. The molecule has 5 heteroatoms. The fraction of sp³-hybridized carbons (Fsp3) is 0.357. The highest BCUT2D eigenvalue weighted by Crippen LogP contribution is 2.23. The van der Waals surface area contributed by atoms with E-state index < -0.39 is 0 Å². The van der Waals surface area contributed by atoms with Gasteiger partial charge in [0.1, 0.15) is 11.6 Å². The summed E-state index contributed by atoms with van der Waals surface area (Å²) in [4.78, 5) is 4.28. The van der Waals surface area contributed by atoms with Crippen LogP contribution < -0.4 is 10.5 Å². The van der Waals surface area contributed by atoms with E-state index in [-0.39, 0.29) is 0 Å². The lowest BCUT2D eigenvalue weighted by molar-refractivity contribution is 0.314. The van der Waals surface area contributed by atoms with Gasteiger partial charge in [0, 0.05) is 30.3 Å². The van der Waals surface area contributed by atoms with Gasteiger partial charge in [-0.1, -0.05) is 15.9 Å². The minimum Gasteiger partial charge on any atom is -0.493 e. The predicted molar refractivity (Wildman–Crippen MR) is 79.3 cm³/mol. The van der Waals surface area contributed by atoms with Crippen LogP contribution in [0.4, 0.5) is 0 Å². The molecule has 0 radical (unpaired) electrons. The van der Waals surface area contributed by atoms with Gasteiger partial charge in [-0.2, -0.15) is 0 Å². The highest BCUT2D eigenvalue weighted by molar-refractivity contribution is 9.10. The number of hydrogen-bond donors (Lipinski definition) is 1. The van der Waals surface area contributed by atoms with Crippen molar-refractivity contribution in [1.82, 2.24) is 9.55 Å². The van der Waals surface area contributed by atoms with Gasteiger partial charge in [0.15, 0.2) is 0 Å². The number of nitrogens with zero attached hydrogens (tertiary/aromatic N) is 2. The van der Waals surface area contributed by atoms with Crippen LogP contribution >= 0.6 is 15.9 Å². The Morgan fingerprint density at radius 2 is 2.21 bits per heavy atom. The van der Waals surface area contributed by atoms with Crippen LogP contribution in [0.2, 0.25) is 0 Å². The smallest absolute Gasteiger partial charge is 0.122 e. The van der Waals surface area contributed by atoms with Crippen molar-refractivity contribution in [3.05, 3.63) is 46.5 Å². The predicted octanol–water partition coefficient (Wildman–Crippen LogP) is 2.31. The van der Waals surface area contributed by atoms with Crippen molar-refractivity contribution in [2.75, 3.05) is 13.2 Å². The maximum atomic E-state index is 5.84. The molecule has 1 aromatic carbocycles. The molecular weight excluding hydrogens is 306 g/mol. The van der Waals surface area contributed by atoms with E-state index in [9.17, 15) is 0 Å². The molecule has 0 saturated carbocycles. The molecule has 2 rings (SSSR count). The summed E-state index contributed by atoms with van der Waals surface area (Å²) in [5.41, 5.74) is 6.76. The molecule has 0 amide bonds. The molecule has 0 aliphatic carbocycles. The van der Waals surface area contributed by atoms with E-state index >= 15 is 0 Å². The number of nitrogens with two attached hydrogens (primary N) is 1. The van der Waals surface area contributed by atoms with Gasteiger partial charge in [-0.25, -0.2) is 4.98 Å². The van der Waals surface area contributed by atoms with E-state index in [1.807, 2.05) is 29.9 Å². The zero-order chi connectivity index (χ0) is 13.7. The van der Waals surface area contributed by atoms with Gasteiger partial charge in [-0.3, -0.25) is 0 Å². The molecule has 0 fully saturated rings. The van der Waals surface area contributed by atoms with Crippen LogP contribution in [0.5, 0.6) is 5.75 Å². The van der Waals surface area contributed by atoms with Crippen LogP contribution in [-0.2, 0) is 19.9 Å². The number of rotatable bonds is 6. The third-order valence-electron chi connectivity index (χ3n) is 2.94. The van der Waals surface area contributed by atoms with Crippen LogP contribution in [0.1, 0.15) is 11.4 Å². The van der Waals surface area contributed by atoms with E-state index in [1.54, 1.807) is 6.20 Å². The van der Waals surface area contributed by atoms with Crippen LogP contribution in [-0.4, -0.2) is 22.7 Å². The highest BCUT2D eigenvalue weighted by Gasteiger charge is 2.05. The molecule has 1 heterocycles. The van der Waals surface area contributed by atoms with Crippen LogP contribution in [0.3, 0.4) is 0 Å². The molecule has 0 spiro atoms. The lowest BCUT2D eigenvalue weighted by atomic mass is 10.1. The molecule has 102 valence electrons. The van der Waals surface area contributed by atoms with Crippen molar-refractivity contribution in [3.63, 3.8) is 0 Å². The largest absolute Gasteiger partial charge is 0.493 e. The first kappa shape index (κ1) is 14.1. The van der Waals surface area contributed by atoms with Crippen molar-refractivity contribution in [3.8, 4) is 5.75 Å². The third kappa shape index (κ3) is 3.81. The zero-order valence-corrected chi connectivity index (χ0v) is 12.6. The summed E-state index contributed by atoms with van der Waals surface area (Å²) < 4.78 is 8.90. The Balaban J connectivity index is 1.97. The topological polar surface area (TPSA) is 53.1 Å². The van der Waals surface area contributed by atoms with Crippen molar-refractivity contribution in [2.24, 2.45) is 12.8 Å². The highest BCUT2D eigenvalue weighted by atomic mass is 79.9. The second kappa shape index (κ2) is 6.73. The molecule has 1 aromatic heterocycles. The van der Waals surface area contributed by atoms with E-state index in [0.717, 1.165) is 34.5 Å². The summed E-state index contributed by atoms with van der Waals surface area (Å²) in [6, 6.07) is 6.02. The third-order valence-corrected chi connectivity index (χ3v) is 3.43. The zero-order valence-electron chi connectivity index (χ0n) is 11.0. The monoisotopic (exact) mass is 323 g/mol. The molecule has 0 aliphatic heterocycles. The van der Waals surface area contributed by atoms with Crippen molar-refractivity contribution in [2.45, 2.75) is 12.8 Å². The average molecular weight is 324 g/mol. The Morgan fingerprint density at radius 3 is 2.89 bits per heavy atom. The maximum absolute atomic E-state index is 5.84. The van der Waals surface area contributed by atoms with E-state index in [0.29, 0.717) is 13.2 Å². The van der Waals surface area contributed by atoms with Crippen molar-refractivity contribution in [1.29, 1.82) is 0 Å². The minimum atomic E-state index is 0.615. The Bertz CT molecular complexity index is 539. The van der Waals surface area contributed by atoms with Gasteiger partial charge < -0.3 is 15.0 Å². The summed E-state index contributed by atoms with van der Waals surface area (Å²) in [6.45, 7) is 1.23. The maximum Gasteiger partial charge on any atom is 0.122 e. The first-order chi connectivity index (χ1) is 9.20. The van der Waals surface area contributed by atoms with E-state index in [2.05, 4.69) is 27.0 Å². The van der Waals surface area contributed by atoms with Gasteiger partial charge in [-0.05, 0) is 36.7 Å². The Morgan fingerprint density at radius 1 is 1.37 bits per heavy atom. The lowest BCUT2D eigenvalue weighted by Gasteiger charge is -2.11. The summed E-state index contributed by atoms with van der Waals surface area (Å²) in [5.74, 6) is 1.93. The molecular formula is C14H18BrN3O. The van der Waals surface area contributed by atoms with Gasteiger partial charge in [0.2, 0.25) is 0 Å². The number of halogens is 1. The molecule has 4 nitrogen and oxygen atoms in total. The molecule has 2 N–H and O–H groups in total. The first-order valence-electron chi connectivity index (χ1n) is 6.28. The Hall–Kier alpha value is -1.33. The second-order valence-electron chi connectivity index (χ2n) is 4.34. The summed E-state index contributed by atoms with van der Waals surface area (Å²) in [6.07, 6.45) is 5.35. The van der Waals surface area contributed by atoms with Gasteiger partial charge in [0.05, 0.1) is 6.61 Å². The van der Waals surface area contributed by atoms with Crippen LogP contribution in [0.15, 0.2) is 35.1 Å². The van der Waals surface area contributed by atoms with Gasteiger partial charge in [0.25, 0.3) is 0 Å². The SMILES string of the molecule is Cn1ccnc1CCOc1ccc(Br)cc1CCN. The fourth-order valence-corrected chi connectivity index (χ4v) is 2.34. The number of benzene rings is 1. The molecule has 0 atom stereocenters. The number of ether oxygens (including phenoxy) is 1. The quantitative estimate of drug-likeness (QED) is 0.887. The Kier molecular flexibility index (Phi) is 4.99. The molecule has 19 heavy (non-hydrogen) atoms. The summed E-state index contributed by atoms with van der Waals surface area (Å²) in [5, 5.41) is 0. The first-order valence-corrected chi connectivity index (χ1v) is 7.07. The number of imidazole rings is 1. The van der Waals surface area contributed by atoms with E-state index in [4.69, 9.17) is 10.5 Å². The molecule has 0 bridgehead atoms. The van der Waals surface area contributed by atoms with Crippen LogP contribution in [0.25, 0.3) is 0 Å².